The fourth-order valence-corrected chi connectivity index (χ4v) is 5.23. The third kappa shape index (κ3) is 1.22. The maximum atomic E-state index is 3.86. The molecule has 4 aliphatic carbocycles. The molecule has 74 valence electrons. The number of hydrogen-bond acceptors (Lipinski definition) is 0. The van der Waals surface area contributed by atoms with Crippen LogP contribution >= 0.6 is 15.9 Å². The Morgan fingerprint density at radius 3 is 1.69 bits per heavy atom. The molecule has 0 saturated heterocycles. The summed E-state index contributed by atoms with van der Waals surface area (Å²) >= 11 is 3.86. The molecule has 0 nitrogen and oxygen atoms in total. The molecule has 0 radical (unpaired) electrons. The number of alkyl halides is 1. The Morgan fingerprint density at radius 2 is 1.38 bits per heavy atom. The standard InChI is InChI=1S/C12H19Br/c1-8(13)12-5-9-2-10(6-12)4-11(3-9)7-12/h8-11H,2-7H2,1H3. The highest BCUT2D eigenvalue weighted by atomic mass is 79.9. The van der Waals surface area contributed by atoms with E-state index in [1.807, 2.05) is 0 Å². The molecule has 1 atom stereocenters. The van der Waals surface area contributed by atoms with E-state index < -0.39 is 0 Å². The zero-order valence-electron chi connectivity index (χ0n) is 8.43. The average Bonchev–Trinajstić information content (AvgIpc) is 2.00. The van der Waals surface area contributed by atoms with E-state index in [-0.39, 0.29) is 0 Å². The highest BCUT2D eigenvalue weighted by Gasteiger charge is 2.52. The molecule has 1 heteroatoms. The molecule has 0 spiro atoms. The van der Waals surface area contributed by atoms with Crippen molar-refractivity contribution < 1.29 is 0 Å². The first-order valence-corrected chi connectivity index (χ1v) is 6.73. The average molecular weight is 243 g/mol. The molecule has 1 unspecified atom stereocenters. The smallest absolute Gasteiger partial charge is 0.0174 e. The topological polar surface area (TPSA) is 0 Å². The van der Waals surface area contributed by atoms with Gasteiger partial charge in [0.05, 0.1) is 0 Å². The first kappa shape index (κ1) is 8.76. The van der Waals surface area contributed by atoms with Crippen LogP contribution in [0, 0.1) is 23.2 Å². The summed E-state index contributed by atoms with van der Waals surface area (Å²) in [7, 11) is 0. The summed E-state index contributed by atoms with van der Waals surface area (Å²) in [4.78, 5) is 0.758. The molecule has 4 bridgehead atoms. The van der Waals surface area contributed by atoms with Gasteiger partial charge in [-0.25, -0.2) is 0 Å². The summed E-state index contributed by atoms with van der Waals surface area (Å²) in [5.41, 5.74) is 0.717. The second kappa shape index (κ2) is 2.74. The van der Waals surface area contributed by atoms with Gasteiger partial charge in [-0.2, -0.15) is 0 Å². The summed E-state index contributed by atoms with van der Waals surface area (Å²) in [5, 5.41) is 0. The van der Waals surface area contributed by atoms with Crippen LogP contribution in [0.5, 0.6) is 0 Å². The fourth-order valence-electron chi connectivity index (χ4n) is 4.66. The highest BCUT2D eigenvalue weighted by molar-refractivity contribution is 9.09. The van der Waals surface area contributed by atoms with Crippen LogP contribution in [-0.2, 0) is 0 Å². The van der Waals surface area contributed by atoms with Gasteiger partial charge in [-0.3, -0.25) is 0 Å². The number of rotatable bonds is 1. The van der Waals surface area contributed by atoms with E-state index in [4.69, 9.17) is 0 Å². The molecule has 0 aromatic rings. The summed E-state index contributed by atoms with van der Waals surface area (Å²) in [6.07, 6.45) is 9.30. The van der Waals surface area contributed by atoms with Crippen LogP contribution in [0.1, 0.15) is 45.4 Å². The van der Waals surface area contributed by atoms with E-state index >= 15 is 0 Å². The van der Waals surface area contributed by atoms with Crippen LogP contribution in [0.15, 0.2) is 0 Å². The summed E-state index contributed by atoms with van der Waals surface area (Å²) < 4.78 is 0. The lowest BCUT2D eigenvalue weighted by Crippen LogP contribution is -2.49. The molecule has 0 aromatic carbocycles. The van der Waals surface area contributed by atoms with Crippen molar-refractivity contribution in [1.29, 1.82) is 0 Å². The molecule has 4 saturated carbocycles. The van der Waals surface area contributed by atoms with Gasteiger partial charge in [0, 0.05) is 4.83 Å². The Morgan fingerprint density at radius 1 is 1.00 bits per heavy atom. The quantitative estimate of drug-likeness (QED) is 0.611. The van der Waals surface area contributed by atoms with Crippen LogP contribution in [0.25, 0.3) is 0 Å². The van der Waals surface area contributed by atoms with Crippen LogP contribution in [0.3, 0.4) is 0 Å². The second-order valence-corrected chi connectivity index (χ2v) is 7.27. The molecular formula is C12H19Br. The lowest BCUT2D eigenvalue weighted by molar-refractivity contribution is -0.0500. The molecule has 0 N–H and O–H groups in total. The van der Waals surface area contributed by atoms with E-state index in [0.717, 1.165) is 28.0 Å². The van der Waals surface area contributed by atoms with Gasteiger partial charge in [-0.1, -0.05) is 22.9 Å². The zero-order valence-corrected chi connectivity index (χ0v) is 10.0. The molecule has 0 aromatic heterocycles. The zero-order chi connectivity index (χ0) is 9.05. The van der Waals surface area contributed by atoms with Crippen LogP contribution in [-0.4, -0.2) is 4.83 Å². The molecule has 13 heavy (non-hydrogen) atoms. The fraction of sp³-hybridized carbons (Fsp3) is 1.00. The first-order chi connectivity index (χ1) is 6.18. The number of hydrogen-bond donors (Lipinski definition) is 0. The maximum absolute atomic E-state index is 3.86. The molecular weight excluding hydrogens is 224 g/mol. The van der Waals surface area contributed by atoms with Gasteiger partial charge in [0.2, 0.25) is 0 Å². The summed E-state index contributed by atoms with van der Waals surface area (Å²) in [6, 6.07) is 0. The van der Waals surface area contributed by atoms with Crippen LogP contribution in [0.4, 0.5) is 0 Å². The predicted molar refractivity (Wildman–Crippen MR) is 59.0 cm³/mol. The van der Waals surface area contributed by atoms with Crippen molar-refractivity contribution in [2.45, 2.75) is 50.3 Å². The van der Waals surface area contributed by atoms with E-state index in [0.29, 0.717) is 0 Å². The van der Waals surface area contributed by atoms with Crippen molar-refractivity contribution in [1.82, 2.24) is 0 Å². The lowest BCUT2D eigenvalue weighted by atomic mass is 9.49. The predicted octanol–water partition coefficient (Wildman–Crippen LogP) is 3.99. The third-order valence-electron chi connectivity index (χ3n) is 4.93. The normalized spacial score (nSPS) is 55.4. The second-order valence-electron chi connectivity index (χ2n) is 5.90. The van der Waals surface area contributed by atoms with Gasteiger partial charge in [0.15, 0.2) is 0 Å². The minimum atomic E-state index is 0.717. The Labute approximate surface area is 89.6 Å². The maximum Gasteiger partial charge on any atom is 0.0174 e. The van der Waals surface area contributed by atoms with E-state index in [1.54, 1.807) is 19.3 Å². The van der Waals surface area contributed by atoms with Crippen molar-refractivity contribution >= 4 is 15.9 Å². The van der Waals surface area contributed by atoms with Crippen molar-refractivity contribution in [2.24, 2.45) is 23.2 Å². The van der Waals surface area contributed by atoms with E-state index in [9.17, 15) is 0 Å². The van der Waals surface area contributed by atoms with E-state index in [2.05, 4.69) is 22.9 Å². The molecule has 4 rings (SSSR count). The Bertz CT molecular complexity index is 184. The largest absolute Gasteiger partial charge is 0.0888 e. The molecule has 0 aliphatic heterocycles. The Hall–Kier alpha value is 0.480. The third-order valence-corrected chi connectivity index (χ3v) is 5.90. The highest BCUT2D eigenvalue weighted by Crippen LogP contribution is 2.62. The molecule has 0 heterocycles. The Kier molecular flexibility index (Phi) is 1.85. The van der Waals surface area contributed by atoms with Crippen LogP contribution < -0.4 is 0 Å². The van der Waals surface area contributed by atoms with Crippen LogP contribution in [0.2, 0.25) is 0 Å². The summed E-state index contributed by atoms with van der Waals surface area (Å²) in [6.45, 7) is 2.38. The van der Waals surface area contributed by atoms with Gasteiger partial charge in [-0.05, 0) is 61.7 Å². The Balaban J connectivity index is 1.91. The van der Waals surface area contributed by atoms with Crippen molar-refractivity contribution in [3.63, 3.8) is 0 Å². The van der Waals surface area contributed by atoms with Crippen molar-refractivity contribution in [2.75, 3.05) is 0 Å². The van der Waals surface area contributed by atoms with E-state index in [1.165, 1.54) is 19.3 Å². The first-order valence-electron chi connectivity index (χ1n) is 5.82. The van der Waals surface area contributed by atoms with Crippen molar-refractivity contribution in [3.05, 3.63) is 0 Å². The van der Waals surface area contributed by atoms with Gasteiger partial charge < -0.3 is 0 Å². The molecule has 0 amide bonds. The van der Waals surface area contributed by atoms with Gasteiger partial charge in [0.1, 0.15) is 0 Å². The van der Waals surface area contributed by atoms with Crippen molar-refractivity contribution in [3.8, 4) is 0 Å². The van der Waals surface area contributed by atoms with Gasteiger partial charge in [-0.15, -0.1) is 0 Å². The minimum Gasteiger partial charge on any atom is -0.0888 e. The summed E-state index contributed by atoms with van der Waals surface area (Å²) in [5.74, 6) is 3.31. The molecule has 4 fully saturated rings. The number of halogens is 1. The SMILES string of the molecule is CC(Br)C12CC3CC(CC(C3)C1)C2. The lowest BCUT2D eigenvalue weighted by Gasteiger charge is -2.58. The van der Waals surface area contributed by atoms with Gasteiger partial charge in [0.25, 0.3) is 0 Å². The van der Waals surface area contributed by atoms with Gasteiger partial charge >= 0.3 is 0 Å². The monoisotopic (exact) mass is 242 g/mol. The minimum absolute atomic E-state index is 0.717. The molecule has 4 aliphatic rings.